The predicted octanol–water partition coefficient (Wildman–Crippen LogP) is 1.48. The second-order valence-corrected chi connectivity index (χ2v) is 6.92. The van der Waals surface area contributed by atoms with Crippen molar-refractivity contribution < 1.29 is 9.84 Å². The predicted molar refractivity (Wildman–Crippen MR) is 79.4 cm³/mol. The summed E-state index contributed by atoms with van der Waals surface area (Å²) >= 11 is 0. The summed E-state index contributed by atoms with van der Waals surface area (Å²) in [6.07, 6.45) is 0. The molecule has 1 saturated heterocycles. The van der Waals surface area contributed by atoms with Crippen molar-refractivity contribution in [3.63, 3.8) is 0 Å². The molecular formula is C15H32N2O2. The van der Waals surface area contributed by atoms with Gasteiger partial charge < -0.3 is 20.1 Å². The maximum atomic E-state index is 9.29. The summed E-state index contributed by atoms with van der Waals surface area (Å²) in [7, 11) is 2.07. The third kappa shape index (κ3) is 3.69. The van der Waals surface area contributed by atoms with Gasteiger partial charge in [-0.25, -0.2) is 0 Å². The number of likely N-dealkylation sites (N-methyl/N-ethyl adjacent to an activating group) is 2. The molecule has 2 N–H and O–H groups in total. The molecule has 0 spiro atoms. The lowest BCUT2D eigenvalue weighted by molar-refractivity contribution is -0.0799. The number of rotatable bonds is 6. The zero-order valence-corrected chi connectivity index (χ0v) is 13.7. The average molecular weight is 272 g/mol. The van der Waals surface area contributed by atoms with Gasteiger partial charge in [-0.2, -0.15) is 0 Å². The molecule has 3 unspecified atom stereocenters. The topological polar surface area (TPSA) is 44.7 Å². The standard InChI is InChI=1S/C15H32N2O2/c1-8-16-13-12(9-17(7)11(2)10-18)14(3,4)19-15(13,5)6/h11-13,16,18H,8-10H2,1-7H3. The van der Waals surface area contributed by atoms with Gasteiger partial charge in [0.25, 0.3) is 0 Å². The van der Waals surface area contributed by atoms with Gasteiger partial charge >= 0.3 is 0 Å². The van der Waals surface area contributed by atoms with Crippen molar-refractivity contribution >= 4 is 0 Å². The minimum atomic E-state index is -0.159. The van der Waals surface area contributed by atoms with Gasteiger partial charge in [0.05, 0.1) is 17.8 Å². The molecule has 3 atom stereocenters. The van der Waals surface area contributed by atoms with E-state index in [9.17, 15) is 5.11 Å². The van der Waals surface area contributed by atoms with Gasteiger partial charge in [0, 0.05) is 24.5 Å². The Morgan fingerprint density at radius 1 is 1.26 bits per heavy atom. The largest absolute Gasteiger partial charge is 0.395 e. The molecule has 1 aliphatic rings. The molecule has 1 aliphatic heterocycles. The van der Waals surface area contributed by atoms with E-state index in [2.05, 4.69) is 58.8 Å². The lowest BCUT2D eigenvalue weighted by atomic mass is 9.82. The Bertz CT molecular complexity index is 292. The summed E-state index contributed by atoms with van der Waals surface area (Å²) in [6.45, 7) is 14.9. The molecule has 1 fully saturated rings. The Hall–Kier alpha value is -0.160. The van der Waals surface area contributed by atoms with Gasteiger partial charge in [-0.05, 0) is 48.2 Å². The molecule has 4 nitrogen and oxygen atoms in total. The molecule has 0 saturated carbocycles. The first-order chi connectivity index (χ1) is 8.65. The highest BCUT2D eigenvalue weighted by molar-refractivity contribution is 5.06. The van der Waals surface area contributed by atoms with Crippen LogP contribution in [0.15, 0.2) is 0 Å². The molecule has 0 radical (unpaired) electrons. The van der Waals surface area contributed by atoms with E-state index in [1.165, 1.54) is 0 Å². The molecule has 0 bridgehead atoms. The molecule has 4 heteroatoms. The Morgan fingerprint density at radius 3 is 2.32 bits per heavy atom. The summed E-state index contributed by atoms with van der Waals surface area (Å²) in [5, 5.41) is 12.9. The Labute approximate surface area is 118 Å². The fourth-order valence-electron chi connectivity index (χ4n) is 3.27. The second kappa shape index (κ2) is 6.08. The van der Waals surface area contributed by atoms with E-state index in [0.717, 1.165) is 13.1 Å². The van der Waals surface area contributed by atoms with Gasteiger partial charge in [-0.3, -0.25) is 0 Å². The fourth-order valence-corrected chi connectivity index (χ4v) is 3.27. The van der Waals surface area contributed by atoms with Crippen LogP contribution in [0.3, 0.4) is 0 Å². The van der Waals surface area contributed by atoms with Crippen LogP contribution in [0.25, 0.3) is 0 Å². The van der Waals surface area contributed by atoms with Crippen molar-refractivity contribution in [2.45, 2.75) is 64.8 Å². The highest BCUT2D eigenvalue weighted by atomic mass is 16.5. The van der Waals surface area contributed by atoms with Crippen LogP contribution >= 0.6 is 0 Å². The lowest BCUT2D eigenvalue weighted by Gasteiger charge is -2.35. The summed E-state index contributed by atoms with van der Waals surface area (Å²) < 4.78 is 6.28. The van der Waals surface area contributed by atoms with E-state index in [0.29, 0.717) is 12.0 Å². The first kappa shape index (κ1) is 16.9. The Morgan fingerprint density at radius 2 is 1.84 bits per heavy atom. The quantitative estimate of drug-likeness (QED) is 0.769. The van der Waals surface area contributed by atoms with E-state index < -0.39 is 0 Å². The van der Waals surface area contributed by atoms with Crippen LogP contribution in [0.1, 0.15) is 41.5 Å². The van der Waals surface area contributed by atoms with Crippen LogP contribution in [0, 0.1) is 5.92 Å². The van der Waals surface area contributed by atoms with E-state index >= 15 is 0 Å². The fraction of sp³-hybridized carbons (Fsp3) is 1.00. The normalized spacial score (nSPS) is 30.8. The smallest absolute Gasteiger partial charge is 0.0790 e. The summed E-state index contributed by atoms with van der Waals surface area (Å²) in [4.78, 5) is 2.22. The summed E-state index contributed by atoms with van der Waals surface area (Å²) in [6, 6.07) is 0.516. The number of aliphatic hydroxyl groups is 1. The lowest BCUT2D eigenvalue weighted by Crippen LogP contribution is -2.51. The van der Waals surface area contributed by atoms with Crippen LogP contribution < -0.4 is 5.32 Å². The van der Waals surface area contributed by atoms with Crippen LogP contribution in [-0.2, 0) is 4.74 Å². The molecule has 114 valence electrons. The molecule has 0 amide bonds. The summed E-state index contributed by atoms with van der Waals surface area (Å²) in [5.74, 6) is 0.404. The third-order valence-corrected chi connectivity index (χ3v) is 4.50. The minimum absolute atomic E-state index is 0.153. The van der Waals surface area contributed by atoms with Crippen LogP contribution in [-0.4, -0.2) is 60.0 Å². The molecule has 1 heterocycles. The van der Waals surface area contributed by atoms with E-state index in [-0.39, 0.29) is 23.9 Å². The monoisotopic (exact) mass is 272 g/mol. The molecule has 0 aromatic carbocycles. The van der Waals surface area contributed by atoms with Gasteiger partial charge in [0.1, 0.15) is 0 Å². The van der Waals surface area contributed by atoms with Crippen LogP contribution in [0.2, 0.25) is 0 Å². The van der Waals surface area contributed by atoms with Crippen molar-refractivity contribution in [2.24, 2.45) is 5.92 Å². The van der Waals surface area contributed by atoms with E-state index in [1.807, 2.05) is 0 Å². The number of hydrogen-bond donors (Lipinski definition) is 2. The van der Waals surface area contributed by atoms with Crippen molar-refractivity contribution in [1.82, 2.24) is 10.2 Å². The Kier molecular flexibility index (Phi) is 5.41. The van der Waals surface area contributed by atoms with Gasteiger partial charge in [-0.1, -0.05) is 6.92 Å². The summed E-state index contributed by atoms with van der Waals surface area (Å²) in [5.41, 5.74) is -0.312. The first-order valence-corrected chi connectivity index (χ1v) is 7.40. The van der Waals surface area contributed by atoms with Crippen molar-refractivity contribution in [3.8, 4) is 0 Å². The number of nitrogens with one attached hydrogen (secondary N) is 1. The van der Waals surface area contributed by atoms with Gasteiger partial charge in [0.2, 0.25) is 0 Å². The van der Waals surface area contributed by atoms with Crippen molar-refractivity contribution in [1.29, 1.82) is 0 Å². The minimum Gasteiger partial charge on any atom is -0.395 e. The number of nitrogens with zero attached hydrogens (tertiary/aromatic N) is 1. The van der Waals surface area contributed by atoms with Crippen LogP contribution in [0.4, 0.5) is 0 Å². The third-order valence-electron chi connectivity index (χ3n) is 4.50. The van der Waals surface area contributed by atoms with E-state index in [4.69, 9.17) is 4.74 Å². The molecular weight excluding hydrogens is 240 g/mol. The Balaban J connectivity index is 2.87. The van der Waals surface area contributed by atoms with Gasteiger partial charge in [0.15, 0.2) is 0 Å². The molecule has 0 aromatic rings. The zero-order valence-electron chi connectivity index (χ0n) is 13.7. The molecule has 0 aliphatic carbocycles. The number of hydrogen-bond acceptors (Lipinski definition) is 4. The zero-order chi connectivity index (χ0) is 14.8. The number of ether oxygens (including phenoxy) is 1. The second-order valence-electron chi connectivity index (χ2n) is 6.92. The van der Waals surface area contributed by atoms with Crippen molar-refractivity contribution in [2.75, 3.05) is 26.7 Å². The molecule has 1 rings (SSSR count). The first-order valence-electron chi connectivity index (χ1n) is 7.40. The van der Waals surface area contributed by atoms with E-state index in [1.54, 1.807) is 0 Å². The SMILES string of the molecule is CCNC1C(CN(C)C(C)CO)C(C)(C)OC1(C)C. The highest BCUT2D eigenvalue weighted by Gasteiger charge is 2.53. The van der Waals surface area contributed by atoms with Crippen molar-refractivity contribution in [3.05, 3.63) is 0 Å². The molecule has 19 heavy (non-hydrogen) atoms. The maximum absolute atomic E-state index is 9.29. The number of aliphatic hydroxyl groups excluding tert-OH is 1. The average Bonchev–Trinajstić information content (AvgIpc) is 2.46. The maximum Gasteiger partial charge on any atom is 0.0790 e. The van der Waals surface area contributed by atoms with Gasteiger partial charge in [-0.15, -0.1) is 0 Å². The van der Waals surface area contributed by atoms with Crippen LogP contribution in [0.5, 0.6) is 0 Å². The highest BCUT2D eigenvalue weighted by Crippen LogP contribution is 2.42. The molecule has 0 aromatic heterocycles.